The SMILES string of the molecule is CC1=Cc2cccc([Si](C)(c3ccccc3)c3cccc4c3CC(C)=C4)c2C1. The van der Waals surface area contributed by atoms with Crippen molar-refractivity contribution in [1.82, 2.24) is 0 Å². The van der Waals surface area contributed by atoms with Gasteiger partial charge in [0.25, 0.3) is 0 Å². The Morgan fingerprint density at radius 3 is 1.61 bits per heavy atom. The fourth-order valence-electron chi connectivity index (χ4n) is 5.23. The van der Waals surface area contributed by atoms with Crippen molar-refractivity contribution in [3.63, 3.8) is 0 Å². The van der Waals surface area contributed by atoms with Crippen molar-refractivity contribution in [2.45, 2.75) is 33.2 Å². The summed E-state index contributed by atoms with van der Waals surface area (Å²) in [4.78, 5) is 0. The molecule has 0 fully saturated rings. The monoisotopic (exact) mass is 378 g/mol. The van der Waals surface area contributed by atoms with Crippen molar-refractivity contribution in [3.05, 3.63) is 100 Å². The van der Waals surface area contributed by atoms with Gasteiger partial charge in [0, 0.05) is 0 Å². The van der Waals surface area contributed by atoms with Gasteiger partial charge < -0.3 is 0 Å². The Bertz CT molecular complexity index is 1060. The zero-order valence-corrected chi connectivity index (χ0v) is 17.9. The normalized spacial score (nSPS) is 15.1. The smallest absolute Gasteiger partial charge is 0.0683 e. The van der Waals surface area contributed by atoms with Gasteiger partial charge in [-0.15, -0.1) is 0 Å². The Kier molecular flexibility index (Phi) is 4.03. The van der Waals surface area contributed by atoms with E-state index in [1.807, 2.05) is 0 Å². The molecule has 0 saturated carbocycles. The second-order valence-electron chi connectivity index (χ2n) is 8.57. The summed E-state index contributed by atoms with van der Waals surface area (Å²) in [5, 5.41) is 4.68. The van der Waals surface area contributed by atoms with Gasteiger partial charge in [0.2, 0.25) is 0 Å². The minimum absolute atomic E-state index is 1.09. The van der Waals surface area contributed by atoms with E-state index in [9.17, 15) is 0 Å². The molecule has 28 heavy (non-hydrogen) atoms. The van der Waals surface area contributed by atoms with Crippen molar-refractivity contribution < 1.29 is 0 Å². The van der Waals surface area contributed by atoms with Gasteiger partial charge in [-0.3, -0.25) is 0 Å². The molecule has 0 saturated heterocycles. The number of rotatable bonds is 3. The Morgan fingerprint density at radius 1 is 0.607 bits per heavy atom. The first-order valence-corrected chi connectivity index (χ1v) is 12.7. The summed E-state index contributed by atoms with van der Waals surface area (Å²) in [6.45, 7) is 7.09. The molecule has 0 heterocycles. The van der Waals surface area contributed by atoms with E-state index in [2.05, 4.69) is 99.3 Å². The molecule has 0 spiro atoms. The first kappa shape index (κ1) is 17.5. The van der Waals surface area contributed by atoms with Gasteiger partial charge in [0.05, 0.1) is 0 Å². The van der Waals surface area contributed by atoms with Gasteiger partial charge >= 0.3 is 0 Å². The van der Waals surface area contributed by atoms with E-state index >= 15 is 0 Å². The van der Waals surface area contributed by atoms with Crippen LogP contribution in [0.15, 0.2) is 77.9 Å². The standard InChI is InChI=1S/C27H26Si/c1-19-15-21-9-7-13-26(24(21)17-19)28(3,23-11-5-4-6-12-23)27-14-8-10-22-16-20(2)18-25(22)27/h4-16H,17-18H2,1-3H3. The van der Waals surface area contributed by atoms with Gasteiger partial charge in [-0.2, -0.15) is 0 Å². The predicted molar refractivity (Wildman–Crippen MR) is 125 cm³/mol. The highest BCUT2D eigenvalue weighted by molar-refractivity contribution is 7.11. The van der Waals surface area contributed by atoms with E-state index < -0.39 is 8.07 Å². The number of benzene rings is 3. The highest BCUT2D eigenvalue weighted by atomic mass is 28.3. The molecule has 0 N–H and O–H groups in total. The van der Waals surface area contributed by atoms with Crippen molar-refractivity contribution in [3.8, 4) is 0 Å². The average molecular weight is 379 g/mol. The predicted octanol–water partition coefficient (Wildman–Crippen LogP) is 4.71. The number of allylic oxidation sites excluding steroid dienone is 2. The van der Waals surface area contributed by atoms with E-state index in [-0.39, 0.29) is 0 Å². The fraction of sp³-hybridized carbons (Fsp3) is 0.185. The van der Waals surface area contributed by atoms with Crippen LogP contribution in [0.1, 0.15) is 36.1 Å². The Morgan fingerprint density at radius 2 is 1.11 bits per heavy atom. The van der Waals surface area contributed by atoms with Crippen LogP contribution in [0.25, 0.3) is 12.2 Å². The summed E-state index contributed by atoms with van der Waals surface area (Å²) >= 11 is 0. The van der Waals surface area contributed by atoms with Crippen LogP contribution in [-0.2, 0) is 12.8 Å². The highest BCUT2D eigenvalue weighted by Crippen LogP contribution is 2.28. The molecule has 5 rings (SSSR count). The molecular formula is C27H26Si. The van der Waals surface area contributed by atoms with Crippen LogP contribution in [0.2, 0.25) is 6.55 Å². The van der Waals surface area contributed by atoms with Crippen molar-refractivity contribution in [1.29, 1.82) is 0 Å². The van der Waals surface area contributed by atoms with Crippen LogP contribution >= 0.6 is 0 Å². The molecule has 2 aliphatic carbocycles. The van der Waals surface area contributed by atoms with Crippen molar-refractivity contribution >= 4 is 35.8 Å². The molecule has 138 valence electrons. The lowest BCUT2D eigenvalue weighted by atomic mass is 10.1. The third kappa shape index (κ3) is 2.57. The van der Waals surface area contributed by atoms with Crippen molar-refractivity contribution in [2.75, 3.05) is 0 Å². The minimum Gasteiger partial charge on any atom is -0.0683 e. The molecule has 0 amide bonds. The summed E-state index contributed by atoms with van der Waals surface area (Å²) in [6.07, 6.45) is 6.93. The summed E-state index contributed by atoms with van der Waals surface area (Å²) in [5.41, 5.74) is 8.90. The van der Waals surface area contributed by atoms with Crippen LogP contribution in [0, 0.1) is 0 Å². The molecule has 0 atom stereocenters. The van der Waals surface area contributed by atoms with Crippen LogP contribution in [0.3, 0.4) is 0 Å². The molecule has 0 aromatic heterocycles. The van der Waals surface area contributed by atoms with E-state index in [1.54, 1.807) is 21.5 Å². The molecule has 0 unspecified atom stereocenters. The van der Waals surface area contributed by atoms with Gasteiger partial charge in [-0.25, -0.2) is 0 Å². The van der Waals surface area contributed by atoms with Gasteiger partial charge in [0.15, 0.2) is 0 Å². The number of hydrogen-bond donors (Lipinski definition) is 0. The Hall–Kier alpha value is -2.64. The maximum Gasteiger partial charge on any atom is 0.146 e. The average Bonchev–Trinajstić information content (AvgIpc) is 3.28. The van der Waals surface area contributed by atoms with E-state index in [0.29, 0.717) is 0 Å². The van der Waals surface area contributed by atoms with Gasteiger partial charge in [-0.05, 0) is 64.5 Å². The van der Waals surface area contributed by atoms with Crippen LogP contribution in [0.4, 0.5) is 0 Å². The second-order valence-corrected chi connectivity index (χ2v) is 12.5. The minimum atomic E-state index is -2.12. The molecule has 3 aromatic carbocycles. The van der Waals surface area contributed by atoms with E-state index in [4.69, 9.17) is 0 Å². The Balaban J connectivity index is 1.80. The largest absolute Gasteiger partial charge is 0.146 e. The van der Waals surface area contributed by atoms with E-state index in [1.165, 1.54) is 27.5 Å². The Labute approximate surface area is 169 Å². The number of hydrogen-bond acceptors (Lipinski definition) is 0. The summed E-state index contributed by atoms with van der Waals surface area (Å²) in [6, 6.07) is 25.2. The molecule has 1 heteroatoms. The first-order valence-electron chi connectivity index (χ1n) is 10.2. The van der Waals surface area contributed by atoms with Crippen LogP contribution < -0.4 is 15.6 Å². The summed E-state index contributed by atoms with van der Waals surface area (Å²) < 4.78 is 0. The first-order chi connectivity index (χ1) is 13.6. The van der Waals surface area contributed by atoms with Gasteiger partial charge in [0.1, 0.15) is 8.07 Å². The topological polar surface area (TPSA) is 0 Å². The third-order valence-electron chi connectivity index (χ3n) is 6.57. The molecule has 0 bridgehead atoms. The highest BCUT2D eigenvalue weighted by Gasteiger charge is 2.39. The maximum absolute atomic E-state index is 2.56. The fourth-order valence-corrected chi connectivity index (χ4v) is 9.53. The molecule has 0 nitrogen and oxygen atoms in total. The third-order valence-corrected chi connectivity index (χ3v) is 11.1. The van der Waals surface area contributed by atoms with Crippen LogP contribution in [0.5, 0.6) is 0 Å². The molecule has 0 radical (unpaired) electrons. The quantitative estimate of drug-likeness (QED) is 0.457. The molecular weight excluding hydrogens is 352 g/mol. The lowest BCUT2D eigenvalue weighted by molar-refractivity contribution is 1.20. The molecule has 3 aromatic rings. The summed E-state index contributed by atoms with van der Waals surface area (Å²) in [7, 11) is -2.12. The lowest BCUT2D eigenvalue weighted by Crippen LogP contribution is -2.66. The molecule has 0 aliphatic heterocycles. The van der Waals surface area contributed by atoms with Gasteiger partial charge in [-0.1, -0.05) is 96.6 Å². The summed E-state index contributed by atoms with van der Waals surface area (Å²) in [5.74, 6) is 0. The molecule has 2 aliphatic rings. The van der Waals surface area contributed by atoms with Crippen LogP contribution in [-0.4, -0.2) is 8.07 Å². The van der Waals surface area contributed by atoms with Crippen molar-refractivity contribution in [2.24, 2.45) is 0 Å². The second kappa shape index (κ2) is 6.46. The maximum atomic E-state index is 2.56. The number of fused-ring (bicyclic) bond motifs is 2. The van der Waals surface area contributed by atoms with E-state index in [0.717, 1.165) is 12.8 Å². The zero-order valence-electron chi connectivity index (χ0n) is 16.9. The lowest BCUT2D eigenvalue weighted by Gasteiger charge is -2.33. The zero-order chi connectivity index (χ0) is 19.3.